The Labute approximate surface area is 276 Å². The van der Waals surface area contributed by atoms with E-state index in [1.165, 1.54) is 61.1 Å². The van der Waals surface area contributed by atoms with Gasteiger partial charge in [-0.05, 0) is 71.4 Å². The molecule has 0 amide bonds. The summed E-state index contributed by atoms with van der Waals surface area (Å²) >= 11 is 0. The first-order valence-corrected chi connectivity index (χ1v) is 16.9. The zero-order chi connectivity index (χ0) is 31.6. The summed E-state index contributed by atoms with van der Waals surface area (Å²) in [6, 6.07) is 42.5. The van der Waals surface area contributed by atoms with Crippen LogP contribution >= 0.6 is 0 Å². The molecule has 7 aromatic rings. The van der Waals surface area contributed by atoms with Crippen LogP contribution in [0.15, 0.2) is 139 Å². The number of nitrogens with zero attached hydrogens (tertiary/aromatic N) is 2. The maximum atomic E-state index is 6.82. The SMILES string of the molecule is C=C1CC2C(CCc3ccccc3-c3cc(-c4ccccc4)cc[n+]31)c1ccc3c(oc4cc(C(C)C)ccc43)c1-c1cccc[n+]12. The number of furan rings is 1. The third-order valence-electron chi connectivity index (χ3n) is 10.6. The van der Waals surface area contributed by atoms with Gasteiger partial charge in [0.05, 0.1) is 12.0 Å². The highest BCUT2D eigenvalue weighted by Gasteiger charge is 2.43. The van der Waals surface area contributed by atoms with Gasteiger partial charge in [-0.2, -0.15) is 9.13 Å². The topological polar surface area (TPSA) is 20.9 Å². The first-order valence-electron chi connectivity index (χ1n) is 16.9. The van der Waals surface area contributed by atoms with Crippen molar-refractivity contribution >= 4 is 27.6 Å². The third-order valence-corrected chi connectivity index (χ3v) is 10.6. The molecule has 3 heteroatoms. The van der Waals surface area contributed by atoms with E-state index in [2.05, 4.69) is 151 Å². The Morgan fingerprint density at radius 1 is 0.745 bits per heavy atom. The van der Waals surface area contributed by atoms with Gasteiger partial charge in [-0.15, -0.1) is 0 Å². The average molecular weight is 611 g/mol. The number of hydrogen-bond donors (Lipinski definition) is 0. The normalized spacial score (nSPS) is 17.1. The fourth-order valence-electron chi connectivity index (χ4n) is 8.18. The molecule has 3 nitrogen and oxygen atoms in total. The number of benzene rings is 4. The monoisotopic (exact) mass is 610 g/mol. The number of rotatable bonds is 2. The van der Waals surface area contributed by atoms with Gasteiger partial charge in [-0.25, -0.2) is 0 Å². The van der Waals surface area contributed by atoms with E-state index in [9.17, 15) is 0 Å². The Morgan fingerprint density at radius 3 is 2.43 bits per heavy atom. The maximum Gasteiger partial charge on any atom is 0.218 e. The van der Waals surface area contributed by atoms with Crippen molar-refractivity contribution in [2.45, 2.75) is 51.0 Å². The van der Waals surface area contributed by atoms with Crippen molar-refractivity contribution in [3.8, 4) is 33.6 Å². The van der Waals surface area contributed by atoms with E-state index in [1.54, 1.807) is 0 Å². The van der Waals surface area contributed by atoms with Crippen molar-refractivity contribution in [2.24, 2.45) is 0 Å². The number of allylic oxidation sites excluding steroid dienone is 1. The largest absolute Gasteiger partial charge is 0.455 e. The summed E-state index contributed by atoms with van der Waals surface area (Å²) in [5, 5.41) is 2.38. The molecule has 2 aliphatic heterocycles. The fourth-order valence-corrected chi connectivity index (χ4v) is 8.18. The highest BCUT2D eigenvalue weighted by molar-refractivity contribution is 6.10. The van der Waals surface area contributed by atoms with Crippen LogP contribution < -0.4 is 9.13 Å². The molecule has 0 radical (unpaired) electrons. The first-order chi connectivity index (χ1) is 23.0. The van der Waals surface area contributed by atoms with Gasteiger partial charge in [0.15, 0.2) is 24.1 Å². The van der Waals surface area contributed by atoms with Crippen LogP contribution in [0.25, 0.3) is 61.3 Å². The van der Waals surface area contributed by atoms with Crippen LogP contribution in [0.5, 0.6) is 0 Å². The number of hydrogen-bond acceptors (Lipinski definition) is 1. The van der Waals surface area contributed by atoms with Crippen LogP contribution in [0.3, 0.4) is 0 Å². The van der Waals surface area contributed by atoms with Gasteiger partial charge in [0, 0.05) is 46.5 Å². The zero-order valence-electron chi connectivity index (χ0n) is 27.0. The molecule has 4 aromatic carbocycles. The molecule has 0 fully saturated rings. The van der Waals surface area contributed by atoms with Gasteiger partial charge in [-0.1, -0.05) is 86.6 Å². The van der Waals surface area contributed by atoms with Crippen LogP contribution in [0, 0.1) is 0 Å². The number of fused-ring (bicyclic) bond motifs is 13. The van der Waals surface area contributed by atoms with Crippen molar-refractivity contribution in [3.63, 3.8) is 0 Å². The van der Waals surface area contributed by atoms with Crippen molar-refractivity contribution in [1.29, 1.82) is 0 Å². The van der Waals surface area contributed by atoms with Gasteiger partial charge >= 0.3 is 0 Å². The van der Waals surface area contributed by atoms with Crippen molar-refractivity contribution in [3.05, 3.63) is 151 Å². The average Bonchev–Trinajstić information content (AvgIpc) is 3.49. The summed E-state index contributed by atoms with van der Waals surface area (Å²) in [6.45, 7) is 9.24. The standard InChI is InChI=1S/C44H38N2O/c1-28(2)32-17-19-36-38-21-20-37-35-18-16-31-13-7-8-14-34(31)41-26-33(30-11-5-4-6-12-30)22-24-45(41)29(3)25-40(35)46-23-10-9-15-39(46)43(37)44(38)47-42(36)27-32/h4-15,17,19-24,26-28,35,40H,3,16,18,25H2,1-2H3/q+2. The molecule has 0 saturated heterocycles. The van der Waals surface area contributed by atoms with E-state index < -0.39 is 0 Å². The zero-order valence-corrected chi connectivity index (χ0v) is 27.0. The molecule has 9 rings (SSSR count). The highest BCUT2D eigenvalue weighted by atomic mass is 16.3. The predicted molar refractivity (Wildman–Crippen MR) is 191 cm³/mol. The van der Waals surface area contributed by atoms with Gasteiger partial charge in [0.2, 0.25) is 11.4 Å². The van der Waals surface area contributed by atoms with E-state index in [0.29, 0.717) is 11.8 Å². The van der Waals surface area contributed by atoms with E-state index in [1.807, 2.05) is 0 Å². The highest BCUT2D eigenvalue weighted by Crippen LogP contribution is 2.48. The summed E-state index contributed by atoms with van der Waals surface area (Å²) in [5.41, 5.74) is 14.5. The first kappa shape index (κ1) is 28.0. The molecule has 0 spiro atoms. The lowest BCUT2D eigenvalue weighted by Gasteiger charge is -2.31. The van der Waals surface area contributed by atoms with Crippen LogP contribution in [0.4, 0.5) is 0 Å². The minimum atomic E-state index is 0.222. The molecule has 2 aliphatic rings. The molecule has 0 N–H and O–H groups in total. The molecular weight excluding hydrogens is 572 g/mol. The van der Waals surface area contributed by atoms with Crippen LogP contribution in [-0.4, -0.2) is 0 Å². The molecule has 0 saturated carbocycles. The smallest absolute Gasteiger partial charge is 0.218 e. The number of pyridine rings is 2. The molecule has 2 unspecified atom stereocenters. The second kappa shape index (κ2) is 10.9. The Hall–Kier alpha value is -5.28. The van der Waals surface area contributed by atoms with Crippen LogP contribution in [-0.2, 0) is 6.42 Å². The third kappa shape index (κ3) is 4.48. The second-order valence-electron chi connectivity index (χ2n) is 13.6. The second-order valence-corrected chi connectivity index (χ2v) is 13.6. The van der Waals surface area contributed by atoms with Gasteiger partial charge in [0.1, 0.15) is 11.2 Å². The summed E-state index contributed by atoms with van der Waals surface area (Å²) in [7, 11) is 0. The molecule has 5 heterocycles. The quantitative estimate of drug-likeness (QED) is 0.178. The Bertz CT molecular complexity index is 2350. The van der Waals surface area contributed by atoms with Crippen molar-refractivity contribution in [2.75, 3.05) is 0 Å². The van der Waals surface area contributed by atoms with E-state index in [-0.39, 0.29) is 6.04 Å². The van der Waals surface area contributed by atoms with Crippen LogP contribution in [0.1, 0.15) is 61.3 Å². The summed E-state index contributed by atoms with van der Waals surface area (Å²) in [5.74, 6) is 0.745. The molecule has 0 aliphatic carbocycles. The summed E-state index contributed by atoms with van der Waals surface area (Å²) in [6.07, 6.45) is 7.35. The summed E-state index contributed by atoms with van der Waals surface area (Å²) in [4.78, 5) is 0. The van der Waals surface area contributed by atoms with E-state index in [0.717, 1.165) is 36.1 Å². The lowest BCUT2D eigenvalue weighted by molar-refractivity contribution is -0.720. The maximum absolute atomic E-state index is 6.82. The van der Waals surface area contributed by atoms with Crippen LogP contribution in [0.2, 0.25) is 0 Å². The Balaban J connectivity index is 1.23. The van der Waals surface area contributed by atoms with Gasteiger partial charge in [0.25, 0.3) is 0 Å². The Kier molecular flexibility index (Phi) is 6.50. The molecule has 47 heavy (non-hydrogen) atoms. The Morgan fingerprint density at radius 2 is 1.55 bits per heavy atom. The lowest BCUT2D eigenvalue weighted by atomic mass is 9.77. The fraction of sp³-hybridized carbons (Fsp3) is 0.182. The van der Waals surface area contributed by atoms with Crippen molar-refractivity contribution in [1.82, 2.24) is 0 Å². The van der Waals surface area contributed by atoms with Gasteiger partial charge in [-0.3, -0.25) is 0 Å². The molecule has 228 valence electrons. The minimum absolute atomic E-state index is 0.222. The summed E-state index contributed by atoms with van der Waals surface area (Å²) < 4.78 is 11.7. The van der Waals surface area contributed by atoms with Crippen molar-refractivity contribution < 1.29 is 13.6 Å². The minimum Gasteiger partial charge on any atom is -0.455 e. The molecule has 3 aromatic heterocycles. The van der Waals surface area contributed by atoms with E-state index in [4.69, 9.17) is 11.0 Å². The van der Waals surface area contributed by atoms with Gasteiger partial charge < -0.3 is 4.42 Å². The number of aryl methyl sites for hydroxylation is 1. The lowest BCUT2D eigenvalue weighted by Crippen LogP contribution is -2.49. The number of aromatic nitrogens is 2. The molecule has 2 atom stereocenters. The predicted octanol–water partition coefficient (Wildman–Crippen LogP) is 10.4. The molecule has 0 bridgehead atoms. The molecular formula is C44H38N2O+2. The van der Waals surface area contributed by atoms with E-state index >= 15 is 0 Å².